The molecule has 3 aliphatic heterocycles. The number of hydrogen-bond donors (Lipinski definition) is 0. The molecule has 0 N–H and O–H groups in total. The van der Waals surface area contributed by atoms with E-state index in [1.165, 1.54) is 5.56 Å². The molecule has 4 nitrogen and oxygen atoms in total. The van der Waals surface area contributed by atoms with E-state index in [2.05, 4.69) is 66.5 Å². The number of halogens is 4. The highest BCUT2D eigenvalue weighted by molar-refractivity contribution is 9.10. The molecule has 3 aromatic rings. The number of nitrogens with zero attached hydrogens (tertiary/aromatic N) is 4. The zero-order valence-corrected chi connectivity index (χ0v) is 19.5. The fourth-order valence-electron chi connectivity index (χ4n) is 6.05. The highest BCUT2D eigenvalue weighted by atomic mass is 79.9. The van der Waals surface area contributed by atoms with Crippen molar-refractivity contribution in [2.45, 2.75) is 24.5 Å². The Kier molecular flexibility index (Phi) is 4.62. The maximum Gasteiger partial charge on any atom is 0.225 e. The second kappa shape index (κ2) is 7.20. The Hall–Kier alpha value is -2.09. The van der Waals surface area contributed by atoms with Crippen LogP contribution in [0.15, 0.2) is 53.5 Å². The van der Waals surface area contributed by atoms with Gasteiger partial charge >= 0.3 is 0 Å². The summed E-state index contributed by atoms with van der Waals surface area (Å²) in [5.41, 5.74) is 1.09. The number of piperazine rings is 1. The fraction of sp³-hybridized carbons (Fsp3) is 0.333. The first-order valence-electron chi connectivity index (χ1n) is 10.6. The van der Waals surface area contributed by atoms with Crippen molar-refractivity contribution in [2.75, 3.05) is 18.0 Å². The standard InChI is InChI=1S/C24H20BrClF2N4/c1-2-15-16-8-14-11-32(24(15,16)12-31(14)10-13-6-4-3-5-7-13)22-19-20(25)17(27)9-18(28)21(19)29-23(26)30-22/h2-7,9,14-16H,1,8,10-12H2/t14-,15+,16-,24-/m1/s1. The van der Waals surface area contributed by atoms with Crippen LogP contribution in [-0.2, 0) is 6.54 Å². The maximum atomic E-state index is 14.6. The molecule has 0 radical (unpaired) electrons. The SMILES string of the molecule is C=C[C@H]1[C@H]2C[C@@H]3CN(c4nc(Cl)nc5c(F)cc(F)c(Br)c45)[C@@]21CN3Cc1ccccc1. The number of hydrogen-bond acceptors (Lipinski definition) is 4. The molecule has 0 unspecified atom stereocenters. The molecule has 4 aliphatic rings. The molecule has 0 amide bonds. The van der Waals surface area contributed by atoms with E-state index in [0.29, 0.717) is 29.7 Å². The second-order valence-electron chi connectivity index (χ2n) is 8.94. The summed E-state index contributed by atoms with van der Waals surface area (Å²) in [6, 6.07) is 11.6. The van der Waals surface area contributed by atoms with E-state index in [1.807, 2.05) is 12.1 Å². The van der Waals surface area contributed by atoms with E-state index < -0.39 is 11.6 Å². The lowest BCUT2D eigenvalue weighted by Crippen LogP contribution is -2.65. The van der Waals surface area contributed by atoms with Crippen LogP contribution in [-0.4, -0.2) is 39.5 Å². The van der Waals surface area contributed by atoms with E-state index in [1.54, 1.807) is 0 Å². The van der Waals surface area contributed by atoms with Gasteiger partial charge in [-0.2, -0.15) is 4.98 Å². The Morgan fingerprint density at radius 2 is 2.00 bits per heavy atom. The van der Waals surface area contributed by atoms with Crippen molar-refractivity contribution in [3.05, 3.63) is 76.0 Å². The lowest BCUT2D eigenvalue weighted by atomic mass is 9.89. The summed E-state index contributed by atoms with van der Waals surface area (Å²) in [5.74, 6) is -0.214. The Bertz CT molecular complexity index is 1260. The van der Waals surface area contributed by atoms with Gasteiger partial charge in [-0.1, -0.05) is 36.4 Å². The second-order valence-corrected chi connectivity index (χ2v) is 10.1. The predicted molar refractivity (Wildman–Crippen MR) is 125 cm³/mol. The molecule has 1 spiro atoms. The molecule has 8 heteroatoms. The van der Waals surface area contributed by atoms with Gasteiger partial charge < -0.3 is 4.90 Å². The van der Waals surface area contributed by atoms with Gasteiger partial charge in [-0.05, 0) is 45.4 Å². The van der Waals surface area contributed by atoms with E-state index in [9.17, 15) is 8.78 Å². The number of anilines is 1. The molecule has 2 aromatic carbocycles. The number of piperidine rings is 2. The average molecular weight is 518 g/mol. The van der Waals surface area contributed by atoms with E-state index >= 15 is 0 Å². The molecule has 3 saturated heterocycles. The minimum atomic E-state index is -0.746. The fourth-order valence-corrected chi connectivity index (χ4v) is 6.70. The summed E-state index contributed by atoms with van der Waals surface area (Å²) in [5, 5.41) is 0.285. The average Bonchev–Trinajstić information content (AvgIpc) is 3.44. The van der Waals surface area contributed by atoms with Crippen molar-refractivity contribution < 1.29 is 8.78 Å². The Balaban J connectivity index is 1.46. The van der Waals surface area contributed by atoms with Gasteiger partial charge in [0.1, 0.15) is 17.2 Å². The molecule has 7 rings (SSSR count). The van der Waals surface area contributed by atoms with Gasteiger partial charge in [0.05, 0.1) is 15.4 Å². The van der Waals surface area contributed by atoms with Crippen LogP contribution >= 0.6 is 27.5 Å². The normalized spacial score (nSPS) is 28.8. The van der Waals surface area contributed by atoms with Crippen LogP contribution in [0.4, 0.5) is 14.6 Å². The van der Waals surface area contributed by atoms with E-state index in [0.717, 1.165) is 25.6 Å². The third kappa shape index (κ3) is 2.80. The van der Waals surface area contributed by atoms with Gasteiger partial charge in [0.25, 0.3) is 0 Å². The first-order valence-corrected chi connectivity index (χ1v) is 11.8. The molecule has 1 aromatic heterocycles. The topological polar surface area (TPSA) is 32.3 Å². The number of fused-ring (bicyclic) bond motifs is 3. The summed E-state index contributed by atoms with van der Waals surface area (Å²) in [7, 11) is 0. The van der Waals surface area contributed by atoms with Gasteiger partial charge in [0.2, 0.25) is 5.28 Å². The molecule has 32 heavy (non-hydrogen) atoms. The lowest BCUT2D eigenvalue weighted by Gasteiger charge is -2.52. The summed E-state index contributed by atoms with van der Waals surface area (Å²) >= 11 is 9.53. The van der Waals surface area contributed by atoms with Crippen LogP contribution in [0.5, 0.6) is 0 Å². The van der Waals surface area contributed by atoms with Gasteiger partial charge in [0.15, 0.2) is 5.82 Å². The number of rotatable bonds is 4. The summed E-state index contributed by atoms with van der Waals surface area (Å²) < 4.78 is 29.3. The minimum absolute atomic E-state index is 0.0274. The van der Waals surface area contributed by atoms with Crippen LogP contribution in [0.25, 0.3) is 10.9 Å². The summed E-state index contributed by atoms with van der Waals surface area (Å²) in [6.45, 7) is 6.51. The zero-order valence-electron chi connectivity index (χ0n) is 17.1. The third-order valence-electron chi connectivity index (χ3n) is 7.45. The highest BCUT2D eigenvalue weighted by Crippen LogP contribution is 2.65. The molecule has 1 saturated carbocycles. The predicted octanol–water partition coefficient (Wildman–Crippen LogP) is 5.59. The molecule has 164 valence electrons. The smallest absolute Gasteiger partial charge is 0.225 e. The number of aromatic nitrogens is 2. The third-order valence-corrected chi connectivity index (χ3v) is 8.39. The monoisotopic (exact) mass is 516 g/mol. The lowest BCUT2D eigenvalue weighted by molar-refractivity contribution is 0.0826. The minimum Gasteiger partial charge on any atom is -0.346 e. The summed E-state index contributed by atoms with van der Waals surface area (Å²) in [6.07, 6.45) is 3.09. The van der Waals surface area contributed by atoms with Crippen molar-refractivity contribution in [2.24, 2.45) is 11.8 Å². The first kappa shape index (κ1) is 20.5. The molecule has 4 atom stereocenters. The van der Waals surface area contributed by atoms with Crippen LogP contribution in [0.3, 0.4) is 0 Å². The first-order chi connectivity index (χ1) is 15.4. The highest BCUT2D eigenvalue weighted by Gasteiger charge is 2.73. The van der Waals surface area contributed by atoms with Crippen molar-refractivity contribution >= 4 is 44.3 Å². The van der Waals surface area contributed by atoms with Crippen molar-refractivity contribution in [3.63, 3.8) is 0 Å². The van der Waals surface area contributed by atoms with Crippen LogP contribution in [0, 0.1) is 23.5 Å². The Labute approximate surface area is 198 Å². The van der Waals surface area contributed by atoms with Gasteiger partial charge in [0, 0.05) is 37.7 Å². The van der Waals surface area contributed by atoms with E-state index in [4.69, 9.17) is 11.6 Å². The Morgan fingerprint density at radius 1 is 1.22 bits per heavy atom. The van der Waals surface area contributed by atoms with Crippen molar-refractivity contribution in [1.82, 2.24) is 14.9 Å². The zero-order chi connectivity index (χ0) is 22.2. The van der Waals surface area contributed by atoms with Crippen molar-refractivity contribution in [1.29, 1.82) is 0 Å². The number of benzene rings is 2. The molecular weight excluding hydrogens is 498 g/mol. The molecule has 4 fully saturated rings. The van der Waals surface area contributed by atoms with Crippen LogP contribution in [0.1, 0.15) is 12.0 Å². The summed E-state index contributed by atoms with van der Waals surface area (Å²) in [4.78, 5) is 13.3. The Morgan fingerprint density at radius 3 is 2.75 bits per heavy atom. The largest absolute Gasteiger partial charge is 0.346 e. The molecule has 1 aliphatic carbocycles. The molecule has 4 heterocycles. The molecule has 2 bridgehead atoms. The van der Waals surface area contributed by atoms with Gasteiger partial charge in [-0.25, -0.2) is 13.8 Å². The van der Waals surface area contributed by atoms with Gasteiger partial charge in [-0.3, -0.25) is 4.90 Å². The van der Waals surface area contributed by atoms with Gasteiger partial charge in [-0.15, -0.1) is 6.58 Å². The quantitative estimate of drug-likeness (QED) is 0.257. The molecular formula is C24H20BrClF2N4. The van der Waals surface area contributed by atoms with Crippen LogP contribution < -0.4 is 4.90 Å². The van der Waals surface area contributed by atoms with E-state index in [-0.39, 0.29) is 26.7 Å². The van der Waals surface area contributed by atoms with Crippen molar-refractivity contribution in [3.8, 4) is 0 Å². The van der Waals surface area contributed by atoms with Crippen LogP contribution in [0.2, 0.25) is 5.28 Å². The maximum absolute atomic E-state index is 14.6.